The number of benzene rings is 2. The van der Waals surface area contributed by atoms with Gasteiger partial charge in [0.15, 0.2) is 0 Å². The zero-order chi connectivity index (χ0) is 17.6. The Hall–Kier alpha value is -1.27. The maximum absolute atomic E-state index is 6.36. The van der Waals surface area contributed by atoms with Crippen molar-refractivity contribution in [1.29, 1.82) is 0 Å². The van der Waals surface area contributed by atoms with Gasteiger partial charge >= 0.3 is 0 Å². The highest BCUT2D eigenvalue weighted by Crippen LogP contribution is 2.49. The molecule has 0 nitrogen and oxygen atoms in total. The molecule has 2 aliphatic rings. The van der Waals surface area contributed by atoms with Crippen molar-refractivity contribution in [3.63, 3.8) is 0 Å². The average molecular weight is 353 g/mol. The molecule has 0 bridgehead atoms. The Kier molecular flexibility index (Phi) is 4.44. The summed E-state index contributed by atoms with van der Waals surface area (Å²) in [4.78, 5) is 0. The number of hydrogen-bond acceptors (Lipinski definition) is 0. The Morgan fingerprint density at radius 3 is 2.60 bits per heavy atom. The van der Waals surface area contributed by atoms with E-state index in [2.05, 4.69) is 63.2 Å². The van der Waals surface area contributed by atoms with Crippen LogP contribution in [-0.4, -0.2) is 0 Å². The summed E-state index contributed by atoms with van der Waals surface area (Å²) in [5.41, 5.74) is 6.62. The zero-order valence-corrected chi connectivity index (χ0v) is 16.4. The zero-order valence-electron chi connectivity index (χ0n) is 15.7. The predicted molar refractivity (Wildman–Crippen MR) is 108 cm³/mol. The van der Waals surface area contributed by atoms with Crippen LogP contribution in [0.5, 0.6) is 0 Å². The Morgan fingerprint density at radius 2 is 1.76 bits per heavy atom. The first-order valence-corrected chi connectivity index (χ1v) is 10.2. The van der Waals surface area contributed by atoms with Crippen molar-refractivity contribution in [2.75, 3.05) is 0 Å². The minimum absolute atomic E-state index is 0.401. The Morgan fingerprint density at radius 1 is 0.960 bits per heavy atom. The average Bonchev–Trinajstić information content (AvgIpc) is 2.56. The van der Waals surface area contributed by atoms with Gasteiger partial charge in [-0.3, -0.25) is 0 Å². The minimum Gasteiger partial charge on any atom is -0.0843 e. The smallest absolute Gasteiger partial charge is 0.0409 e. The predicted octanol–water partition coefficient (Wildman–Crippen LogP) is 7.47. The summed E-state index contributed by atoms with van der Waals surface area (Å²) in [5, 5.41) is 0.891. The molecule has 2 aromatic carbocycles. The van der Waals surface area contributed by atoms with Crippen molar-refractivity contribution < 1.29 is 0 Å². The molecule has 0 saturated carbocycles. The van der Waals surface area contributed by atoms with E-state index in [0.717, 1.165) is 5.02 Å². The largest absolute Gasteiger partial charge is 0.0843 e. The van der Waals surface area contributed by atoms with Gasteiger partial charge in [0, 0.05) is 5.02 Å². The van der Waals surface area contributed by atoms with Crippen molar-refractivity contribution in [2.45, 2.75) is 70.6 Å². The molecule has 0 heterocycles. The number of hydrogen-bond donors (Lipinski definition) is 0. The number of rotatable bonds is 2. The van der Waals surface area contributed by atoms with Crippen molar-refractivity contribution in [3.05, 3.63) is 69.7 Å². The van der Waals surface area contributed by atoms with Crippen LogP contribution in [0.25, 0.3) is 0 Å². The van der Waals surface area contributed by atoms with Gasteiger partial charge in [-0.2, -0.15) is 0 Å². The van der Waals surface area contributed by atoms with Crippen LogP contribution in [0, 0.1) is 5.41 Å². The minimum atomic E-state index is 0.401. The van der Waals surface area contributed by atoms with Gasteiger partial charge in [0.05, 0.1) is 0 Å². The Labute approximate surface area is 157 Å². The summed E-state index contributed by atoms with van der Waals surface area (Å²) >= 11 is 6.36. The fraction of sp³-hybridized carbons (Fsp3) is 0.500. The topological polar surface area (TPSA) is 0 Å². The monoisotopic (exact) mass is 352 g/mol. The van der Waals surface area contributed by atoms with Gasteiger partial charge < -0.3 is 0 Å². The molecule has 1 heteroatoms. The SMILES string of the molecule is C[C@H]1CCC(C[C@H]2CC(C)(C)Cc3ccccc32)c2cc(Cl)ccc21. The van der Waals surface area contributed by atoms with Gasteiger partial charge in [0.1, 0.15) is 0 Å². The molecule has 0 fully saturated rings. The molecule has 0 aromatic heterocycles. The number of halogens is 1. The highest BCUT2D eigenvalue weighted by Gasteiger charge is 2.35. The van der Waals surface area contributed by atoms with Crippen molar-refractivity contribution >= 4 is 11.6 Å². The lowest BCUT2D eigenvalue weighted by Gasteiger charge is -2.40. The van der Waals surface area contributed by atoms with E-state index in [-0.39, 0.29) is 0 Å². The van der Waals surface area contributed by atoms with Crippen LogP contribution < -0.4 is 0 Å². The maximum atomic E-state index is 6.36. The molecule has 0 saturated heterocycles. The summed E-state index contributed by atoms with van der Waals surface area (Å²) < 4.78 is 0. The molecule has 2 aliphatic carbocycles. The lowest BCUT2D eigenvalue weighted by atomic mass is 9.65. The van der Waals surface area contributed by atoms with E-state index in [0.29, 0.717) is 23.2 Å². The first-order valence-electron chi connectivity index (χ1n) is 9.80. The van der Waals surface area contributed by atoms with Crippen LogP contribution in [-0.2, 0) is 6.42 Å². The summed E-state index contributed by atoms with van der Waals surface area (Å²) in [5.74, 6) is 1.99. The highest BCUT2D eigenvalue weighted by molar-refractivity contribution is 6.30. The van der Waals surface area contributed by atoms with E-state index in [4.69, 9.17) is 11.6 Å². The molecular formula is C24H29Cl. The molecule has 0 spiro atoms. The normalized spacial score (nSPS) is 27.4. The van der Waals surface area contributed by atoms with Gasteiger partial charge in [0.2, 0.25) is 0 Å². The molecule has 25 heavy (non-hydrogen) atoms. The molecule has 0 N–H and O–H groups in total. The van der Waals surface area contributed by atoms with Crippen molar-refractivity contribution in [1.82, 2.24) is 0 Å². The molecule has 1 unspecified atom stereocenters. The summed E-state index contributed by atoms with van der Waals surface area (Å²) in [6.45, 7) is 7.23. The van der Waals surface area contributed by atoms with Crippen LogP contribution in [0.15, 0.2) is 42.5 Å². The maximum Gasteiger partial charge on any atom is 0.0409 e. The second kappa shape index (κ2) is 6.47. The quantitative estimate of drug-likeness (QED) is 0.525. The molecule has 3 atom stereocenters. The van der Waals surface area contributed by atoms with E-state index >= 15 is 0 Å². The Bertz CT molecular complexity index is 773. The Balaban J connectivity index is 1.67. The fourth-order valence-corrected chi connectivity index (χ4v) is 5.55. The van der Waals surface area contributed by atoms with Gasteiger partial charge in [0.25, 0.3) is 0 Å². The third-order valence-electron chi connectivity index (χ3n) is 6.50. The second-order valence-electron chi connectivity index (χ2n) is 9.13. The molecule has 0 amide bonds. The molecular weight excluding hydrogens is 324 g/mol. The highest BCUT2D eigenvalue weighted by atomic mass is 35.5. The third kappa shape index (κ3) is 3.38. The molecule has 132 valence electrons. The standard InChI is InChI=1S/C24H29Cl/c1-16-8-9-17(23-13-20(25)10-11-21(16)23)12-19-15-24(2,3)14-18-6-4-5-7-22(18)19/h4-7,10-11,13,16-17,19H,8-9,12,14-15H2,1-3H3/t16-,17?,19-/m0/s1. The second-order valence-corrected chi connectivity index (χ2v) is 9.56. The first kappa shape index (κ1) is 17.2. The summed E-state index contributed by atoms with van der Waals surface area (Å²) in [6.07, 6.45) is 6.38. The summed E-state index contributed by atoms with van der Waals surface area (Å²) in [6, 6.07) is 15.7. The van der Waals surface area contributed by atoms with Gasteiger partial charge in [-0.05, 0) is 89.7 Å². The van der Waals surface area contributed by atoms with Crippen molar-refractivity contribution in [2.24, 2.45) is 5.41 Å². The van der Waals surface area contributed by atoms with Crippen LogP contribution in [0.3, 0.4) is 0 Å². The van der Waals surface area contributed by atoms with Gasteiger partial charge in [-0.1, -0.05) is 62.7 Å². The lowest BCUT2D eigenvalue weighted by molar-refractivity contribution is 0.262. The summed E-state index contributed by atoms with van der Waals surface area (Å²) in [7, 11) is 0. The van der Waals surface area contributed by atoms with E-state index in [9.17, 15) is 0 Å². The lowest BCUT2D eigenvalue weighted by Crippen LogP contribution is -2.27. The third-order valence-corrected chi connectivity index (χ3v) is 6.73. The number of fused-ring (bicyclic) bond motifs is 2. The van der Waals surface area contributed by atoms with E-state index in [1.807, 2.05) is 0 Å². The van der Waals surface area contributed by atoms with Crippen LogP contribution in [0.1, 0.15) is 86.5 Å². The van der Waals surface area contributed by atoms with E-state index < -0.39 is 0 Å². The van der Waals surface area contributed by atoms with Gasteiger partial charge in [-0.15, -0.1) is 0 Å². The molecule has 2 aromatic rings. The van der Waals surface area contributed by atoms with Crippen molar-refractivity contribution in [3.8, 4) is 0 Å². The van der Waals surface area contributed by atoms with Crippen LogP contribution in [0.4, 0.5) is 0 Å². The van der Waals surface area contributed by atoms with Gasteiger partial charge in [-0.25, -0.2) is 0 Å². The van der Waals surface area contributed by atoms with Crippen LogP contribution >= 0.6 is 11.6 Å². The van der Waals surface area contributed by atoms with E-state index in [1.54, 1.807) is 11.1 Å². The van der Waals surface area contributed by atoms with Crippen LogP contribution in [0.2, 0.25) is 5.02 Å². The molecule has 0 radical (unpaired) electrons. The molecule has 0 aliphatic heterocycles. The van der Waals surface area contributed by atoms with E-state index in [1.165, 1.54) is 43.2 Å². The fourth-order valence-electron chi connectivity index (χ4n) is 5.37. The molecule has 4 rings (SSSR count). The first-order chi connectivity index (χ1) is 11.9.